The largest absolute Gasteiger partial charge is 0.494 e. The van der Waals surface area contributed by atoms with Gasteiger partial charge >= 0.3 is 7.12 Å². The van der Waals surface area contributed by atoms with Crippen molar-refractivity contribution in [1.29, 1.82) is 0 Å². The fourth-order valence-corrected chi connectivity index (χ4v) is 3.70. The molecule has 0 saturated carbocycles. The van der Waals surface area contributed by atoms with Crippen LogP contribution >= 0.6 is 22.9 Å². The number of rotatable bonds is 6. The third-order valence-electron chi connectivity index (χ3n) is 4.89. The minimum Gasteiger partial charge on any atom is -0.485 e. The number of hydrogen-bond acceptors (Lipinski definition) is 4. The Kier molecular flexibility index (Phi) is 5.49. The second kappa shape index (κ2) is 7.32. The van der Waals surface area contributed by atoms with Gasteiger partial charge in [-0.1, -0.05) is 18.2 Å². The molecule has 3 rings (SSSR count). The SMILES string of the molecule is CC1(C)OB(c2cccc(OC(CCCl)c3cccs3)c2)OC1(C)C. The molecule has 1 fully saturated rings. The van der Waals surface area contributed by atoms with Crippen LogP contribution in [0.3, 0.4) is 0 Å². The van der Waals surface area contributed by atoms with Crippen LogP contribution in [0.15, 0.2) is 41.8 Å². The van der Waals surface area contributed by atoms with E-state index in [2.05, 4.69) is 39.1 Å². The van der Waals surface area contributed by atoms with Gasteiger partial charge in [-0.3, -0.25) is 0 Å². The lowest BCUT2D eigenvalue weighted by Crippen LogP contribution is -2.41. The summed E-state index contributed by atoms with van der Waals surface area (Å²) in [5.41, 5.74) is 0.256. The average molecular weight is 379 g/mol. The van der Waals surface area contributed by atoms with E-state index in [-0.39, 0.29) is 24.4 Å². The molecule has 134 valence electrons. The van der Waals surface area contributed by atoms with E-state index >= 15 is 0 Å². The highest BCUT2D eigenvalue weighted by Gasteiger charge is 2.51. The van der Waals surface area contributed by atoms with E-state index in [9.17, 15) is 0 Å². The fourth-order valence-electron chi connectivity index (χ4n) is 2.71. The third-order valence-corrected chi connectivity index (χ3v) is 6.08. The number of hydrogen-bond donors (Lipinski definition) is 0. The van der Waals surface area contributed by atoms with Gasteiger partial charge in [0.2, 0.25) is 0 Å². The van der Waals surface area contributed by atoms with Crippen LogP contribution in [0.2, 0.25) is 0 Å². The Labute approximate surface area is 159 Å². The molecule has 1 saturated heterocycles. The van der Waals surface area contributed by atoms with Crippen molar-refractivity contribution in [2.24, 2.45) is 0 Å². The lowest BCUT2D eigenvalue weighted by atomic mass is 9.79. The quantitative estimate of drug-likeness (QED) is 0.534. The molecule has 1 aliphatic rings. The van der Waals surface area contributed by atoms with Crippen molar-refractivity contribution >= 4 is 35.5 Å². The predicted molar refractivity (Wildman–Crippen MR) is 105 cm³/mol. The van der Waals surface area contributed by atoms with E-state index in [0.717, 1.165) is 17.6 Å². The molecular weight excluding hydrogens is 355 g/mol. The standard InChI is InChI=1S/C19H24BClO3S/c1-18(2)19(3,4)24-20(23-18)14-7-5-8-15(13-14)22-16(10-11-21)17-9-6-12-25-17/h5-9,12-13,16H,10-11H2,1-4H3. The Hall–Kier alpha value is -1.01. The highest BCUT2D eigenvalue weighted by molar-refractivity contribution is 7.10. The predicted octanol–water partition coefficient (Wildman–Crippen LogP) is 4.80. The number of ether oxygens (including phenoxy) is 1. The molecule has 1 atom stereocenters. The van der Waals surface area contributed by atoms with E-state index in [4.69, 9.17) is 25.6 Å². The van der Waals surface area contributed by atoms with Crippen LogP contribution in [0.25, 0.3) is 0 Å². The number of benzene rings is 1. The van der Waals surface area contributed by atoms with Crippen molar-refractivity contribution in [3.8, 4) is 5.75 Å². The van der Waals surface area contributed by atoms with Gasteiger partial charge in [-0.25, -0.2) is 0 Å². The molecule has 0 aliphatic carbocycles. The maximum atomic E-state index is 6.22. The van der Waals surface area contributed by atoms with E-state index in [1.165, 1.54) is 4.88 Å². The molecule has 2 heterocycles. The van der Waals surface area contributed by atoms with E-state index in [1.807, 2.05) is 30.3 Å². The van der Waals surface area contributed by atoms with Crippen LogP contribution in [-0.2, 0) is 9.31 Å². The van der Waals surface area contributed by atoms with Gasteiger partial charge in [-0.2, -0.15) is 0 Å². The smallest absolute Gasteiger partial charge is 0.485 e. The van der Waals surface area contributed by atoms with E-state index < -0.39 is 0 Å². The fraction of sp³-hybridized carbons (Fsp3) is 0.474. The molecule has 0 amide bonds. The van der Waals surface area contributed by atoms with Crippen molar-refractivity contribution < 1.29 is 14.0 Å². The first-order valence-electron chi connectivity index (χ1n) is 8.54. The molecule has 1 aromatic heterocycles. The summed E-state index contributed by atoms with van der Waals surface area (Å²) in [6, 6.07) is 12.1. The third kappa shape index (κ3) is 4.06. The minimum absolute atomic E-state index is 0.0361. The van der Waals surface area contributed by atoms with Gasteiger partial charge in [0.05, 0.1) is 11.2 Å². The highest BCUT2D eigenvalue weighted by Crippen LogP contribution is 2.37. The van der Waals surface area contributed by atoms with Crippen molar-refractivity contribution in [3.05, 3.63) is 46.7 Å². The Morgan fingerprint density at radius 3 is 2.44 bits per heavy atom. The minimum atomic E-state index is -0.387. The summed E-state index contributed by atoms with van der Waals surface area (Å²) < 4.78 is 18.5. The van der Waals surface area contributed by atoms with E-state index in [1.54, 1.807) is 11.3 Å². The molecule has 1 aromatic carbocycles. The maximum Gasteiger partial charge on any atom is 0.494 e. The zero-order valence-corrected chi connectivity index (χ0v) is 16.7. The van der Waals surface area contributed by atoms with Crippen molar-refractivity contribution in [2.45, 2.75) is 51.4 Å². The molecule has 3 nitrogen and oxygen atoms in total. The summed E-state index contributed by atoms with van der Waals surface area (Å²) in [5.74, 6) is 1.36. The number of halogens is 1. The molecule has 25 heavy (non-hydrogen) atoms. The van der Waals surface area contributed by atoms with Crippen LogP contribution in [0, 0.1) is 0 Å². The summed E-state index contributed by atoms with van der Waals surface area (Å²) in [4.78, 5) is 1.18. The Morgan fingerprint density at radius 2 is 1.84 bits per heavy atom. The van der Waals surface area contributed by atoms with Gasteiger partial charge in [0, 0.05) is 17.2 Å². The van der Waals surface area contributed by atoms with Gasteiger partial charge in [-0.05, 0) is 56.7 Å². The zero-order valence-electron chi connectivity index (χ0n) is 15.1. The molecule has 1 aliphatic heterocycles. The number of alkyl halides is 1. The lowest BCUT2D eigenvalue weighted by Gasteiger charge is -2.32. The molecule has 0 radical (unpaired) electrons. The Morgan fingerprint density at radius 1 is 1.12 bits per heavy atom. The lowest BCUT2D eigenvalue weighted by molar-refractivity contribution is 0.00578. The summed E-state index contributed by atoms with van der Waals surface area (Å²) in [5, 5.41) is 2.06. The summed E-state index contributed by atoms with van der Waals surface area (Å²) >= 11 is 7.65. The second-order valence-electron chi connectivity index (χ2n) is 7.26. The van der Waals surface area contributed by atoms with Crippen LogP contribution < -0.4 is 10.2 Å². The second-order valence-corrected chi connectivity index (χ2v) is 8.62. The first-order valence-corrected chi connectivity index (χ1v) is 9.95. The number of thiophene rings is 1. The van der Waals surface area contributed by atoms with Crippen molar-refractivity contribution in [2.75, 3.05) is 5.88 Å². The van der Waals surface area contributed by atoms with Gasteiger partial charge in [0.25, 0.3) is 0 Å². The zero-order chi connectivity index (χ0) is 18.1. The van der Waals surface area contributed by atoms with Crippen molar-refractivity contribution in [1.82, 2.24) is 0 Å². The molecule has 2 aromatic rings. The van der Waals surface area contributed by atoms with Gasteiger partial charge in [0.15, 0.2) is 0 Å². The molecule has 0 N–H and O–H groups in total. The first-order chi connectivity index (χ1) is 11.8. The average Bonchev–Trinajstić information content (AvgIpc) is 3.14. The van der Waals surface area contributed by atoms with Gasteiger partial charge in [0.1, 0.15) is 11.9 Å². The van der Waals surface area contributed by atoms with Crippen LogP contribution in [0.5, 0.6) is 5.75 Å². The molecular formula is C19H24BClO3S. The molecule has 0 spiro atoms. The summed E-state index contributed by atoms with van der Waals surface area (Å²) in [7, 11) is -0.387. The van der Waals surface area contributed by atoms with E-state index in [0.29, 0.717) is 5.88 Å². The Balaban J connectivity index is 1.78. The van der Waals surface area contributed by atoms with Gasteiger partial charge < -0.3 is 14.0 Å². The summed E-state index contributed by atoms with van der Waals surface area (Å²) in [6.45, 7) is 8.22. The normalized spacial score (nSPS) is 19.8. The molecule has 1 unspecified atom stereocenters. The van der Waals surface area contributed by atoms with Crippen molar-refractivity contribution in [3.63, 3.8) is 0 Å². The molecule has 0 bridgehead atoms. The molecule has 6 heteroatoms. The first kappa shape index (κ1) is 18.8. The Bertz CT molecular complexity index is 686. The highest BCUT2D eigenvalue weighted by atomic mass is 35.5. The van der Waals surface area contributed by atoms with Crippen LogP contribution in [0.4, 0.5) is 0 Å². The van der Waals surface area contributed by atoms with Crippen LogP contribution in [-0.4, -0.2) is 24.2 Å². The monoisotopic (exact) mass is 378 g/mol. The van der Waals surface area contributed by atoms with Gasteiger partial charge in [-0.15, -0.1) is 22.9 Å². The van der Waals surface area contributed by atoms with Crippen LogP contribution in [0.1, 0.15) is 45.1 Å². The topological polar surface area (TPSA) is 27.7 Å². The summed E-state index contributed by atoms with van der Waals surface area (Å²) in [6.07, 6.45) is 0.731. The maximum absolute atomic E-state index is 6.22.